The van der Waals surface area contributed by atoms with Crippen molar-refractivity contribution in [2.45, 2.75) is 26.4 Å². The van der Waals surface area contributed by atoms with E-state index in [0.29, 0.717) is 6.54 Å². The van der Waals surface area contributed by atoms with Crippen LogP contribution in [0.3, 0.4) is 0 Å². The van der Waals surface area contributed by atoms with Crippen LogP contribution in [-0.2, 0) is 11.3 Å². The Morgan fingerprint density at radius 2 is 1.81 bits per heavy atom. The topological polar surface area (TPSA) is 49.4 Å². The molecule has 1 aromatic heterocycles. The fraction of sp³-hybridized carbons (Fsp3) is 0.182. The number of carbonyl (C=O) groups excluding carboxylic acids is 2. The molecule has 0 saturated carbocycles. The molecular formula is C22H22N2O2S. The van der Waals surface area contributed by atoms with Gasteiger partial charge in [0.15, 0.2) is 0 Å². The Labute approximate surface area is 163 Å². The molecule has 3 aromatic rings. The average molecular weight is 378 g/mol. The van der Waals surface area contributed by atoms with Crippen molar-refractivity contribution < 1.29 is 9.59 Å². The molecule has 3 rings (SSSR count). The molecule has 138 valence electrons. The molecule has 0 aliphatic heterocycles. The van der Waals surface area contributed by atoms with Gasteiger partial charge in [0.05, 0.1) is 10.9 Å². The van der Waals surface area contributed by atoms with Gasteiger partial charge >= 0.3 is 0 Å². The van der Waals surface area contributed by atoms with Crippen molar-refractivity contribution in [1.82, 2.24) is 4.90 Å². The van der Waals surface area contributed by atoms with E-state index in [9.17, 15) is 9.59 Å². The first kappa shape index (κ1) is 18.9. The van der Waals surface area contributed by atoms with Crippen LogP contribution in [0, 0.1) is 0 Å². The molecule has 2 aromatic carbocycles. The molecule has 1 heterocycles. The Hall–Kier alpha value is -2.92. The zero-order valence-electron chi connectivity index (χ0n) is 15.4. The molecule has 4 nitrogen and oxygen atoms in total. The molecule has 1 atom stereocenters. The van der Waals surface area contributed by atoms with E-state index in [4.69, 9.17) is 0 Å². The largest absolute Gasteiger partial charge is 0.327 e. The number of hydrogen-bond acceptors (Lipinski definition) is 3. The smallest absolute Gasteiger partial charge is 0.264 e. The van der Waals surface area contributed by atoms with Crippen molar-refractivity contribution in [3.63, 3.8) is 0 Å². The number of amides is 2. The highest BCUT2D eigenvalue weighted by Crippen LogP contribution is 2.27. The van der Waals surface area contributed by atoms with Gasteiger partial charge in [-0.2, -0.15) is 0 Å². The van der Waals surface area contributed by atoms with Gasteiger partial charge in [-0.15, -0.1) is 11.3 Å². The van der Waals surface area contributed by atoms with E-state index in [2.05, 4.69) is 5.32 Å². The Bertz CT molecular complexity index is 907. The minimum absolute atomic E-state index is 0.00582. The molecule has 5 heteroatoms. The standard InChI is InChI=1S/C22H22N2O2S/c1-16(19-10-6-11-20(14-19)23-17(2)25)24(15-18-8-4-3-5-9-18)22(26)21-12-7-13-27-21/h3-14,16H,15H2,1-2H3,(H,23,25)/t16-/m0/s1. The van der Waals surface area contributed by atoms with Crippen LogP contribution in [0.1, 0.15) is 40.7 Å². The minimum Gasteiger partial charge on any atom is -0.327 e. The summed E-state index contributed by atoms with van der Waals surface area (Å²) < 4.78 is 0. The van der Waals surface area contributed by atoms with Crippen LogP contribution in [0.5, 0.6) is 0 Å². The van der Waals surface area contributed by atoms with E-state index in [1.807, 2.05) is 83.9 Å². The zero-order valence-corrected chi connectivity index (χ0v) is 16.2. The van der Waals surface area contributed by atoms with Crippen molar-refractivity contribution >= 4 is 28.8 Å². The first-order valence-corrected chi connectivity index (χ1v) is 9.68. The number of thiophene rings is 1. The van der Waals surface area contributed by atoms with Crippen molar-refractivity contribution in [1.29, 1.82) is 0 Å². The van der Waals surface area contributed by atoms with Gasteiger partial charge < -0.3 is 10.2 Å². The third-order valence-electron chi connectivity index (χ3n) is 4.35. The van der Waals surface area contributed by atoms with E-state index in [1.54, 1.807) is 0 Å². The Kier molecular flexibility index (Phi) is 6.04. The molecule has 0 bridgehead atoms. The van der Waals surface area contributed by atoms with Gasteiger partial charge in [-0.25, -0.2) is 0 Å². The fourth-order valence-corrected chi connectivity index (χ4v) is 3.64. The van der Waals surface area contributed by atoms with Gasteiger partial charge in [-0.05, 0) is 41.6 Å². The summed E-state index contributed by atoms with van der Waals surface area (Å²) in [5, 5.41) is 4.72. The highest BCUT2D eigenvalue weighted by atomic mass is 32.1. The van der Waals surface area contributed by atoms with Crippen LogP contribution in [0.25, 0.3) is 0 Å². The summed E-state index contributed by atoms with van der Waals surface area (Å²) in [6.07, 6.45) is 0. The lowest BCUT2D eigenvalue weighted by Gasteiger charge is -2.30. The lowest BCUT2D eigenvalue weighted by atomic mass is 10.0. The van der Waals surface area contributed by atoms with E-state index in [-0.39, 0.29) is 17.9 Å². The monoisotopic (exact) mass is 378 g/mol. The normalized spacial score (nSPS) is 11.6. The molecule has 0 fully saturated rings. The average Bonchev–Trinajstić information content (AvgIpc) is 3.20. The summed E-state index contributed by atoms with van der Waals surface area (Å²) in [6.45, 7) is 4.02. The highest BCUT2D eigenvalue weighted by molar-refractivity contribution is 7.12. The summed E-state index contributed by atoms with van der Waals surface area (Å²) in [4.78, 5) is 27.1. The Morgan fingerprint density at radius 3 is 2.48 bits per heavy atom. The SMILES string of the molecule is CC(=O)Nc1cccc([C@H](C)N(Cc2ccccc2)C(=O)c2cccs2)c1. The van der Waals surface area contributed by atoms with Crippen LogP contribution in [0.4, 0.5) is 5.69 Å². The van der Waals surface area contributed by atoms with E-state index < -0.39 is 0 Å². The van der Waals surface area contributed by atoms with E-state index in [1.165, 1.54) is 18.3 Å². The van der Waals surface area contributed by atoms with E-state index in [0.717, 1.165) is 21.7 Å². The zero-order chi connectivity index (χ0) is 19.2. The van der Waals surface area contributed by atoms with Crippen LogP contribution in [0.2, 0.25) is 0 Å². The number of nitrogens with zero attached hydrogens (tertiary/aromatic N) is 1. The number of nitrogens with one attached hydrogen (secondary N) is 1. The summed E-state index contributed by atoms with van der Waals surface area (Å²) in [7, 11) is 0. The maximum Gasteiger partial charge on any atom is 0.264 e. The second kappa shape index (κ2) is 8.64. The molecule has 0 aliphatic rings. The number of carbonyl (C=O) groups is 2. The van der Waals surface area contributed by atoms with Crippen molar-refractivity contribution in [2.75, 3.05) is 5.32 Å². The summed E-state index contributed by atoms with van der Waals surface area (Å²) in [6, 6.07) is 21.2. The second-order valence-corrected chi connectivity index (χ2v) is 7.33. The molecule has 27 heavy (non-hydrogen) atoms. The molecule has 0 unspecified atom stereocenters. The van der Waals surface area contributed by atoms with Gasteiger partial charge in [0.2, 0.25) is 5.91 Å². The van der Waals surface area contributed by atoms with Gasteiger partial charge in [0.1, 0.15) is 0 Å². The predicted molar refractivity (Wildman–Crippen MR) is 110 cm³/mol. The first-order valence-electron chi connectivity index (χ1n) is 8.80. The maximum atomic E-state index is 13.2. The third kappa shape index (κ3) is 4.83. The number of benzene rings is 2. The molecular weight excluding hydrogens is 356 g/mol. The minimum atomic E-state index is -0.145. The van der Waals surface area contributed by atoms with Crippen molar-refractivity contribution in [2.24, 2.45) is 0 Å². The van der Waals surface area contributed by atoms with Gasteiger partial charge in [0.25, 0.3) is 5.91 Å². The Balaban J connectivity index is 1.91. The third-order valence-corrected chi connectivity index (χ3v) is 5.20. The lowest BCUT2D eigenvalue weighted by molar-refractivity contribution is -0.114. The number of hydrogen-bond donors (Lipinski definition) is 1. The number of rotatable bonds is 6. The summed E-state index contributed by atoms with van der Waals surface area (Å²) in [5.41, 5.74) is 2.78. The van der Waals surface area contributed by atoms with E-state index >= 15 is 0 Å². The highest BCUT2D eigenvalue weighted by Gasteiger charge is 2.24. The summed E-state index contributed by atoms with van der Waals surface area (Å²) in [5.74, 6) is -0.109. The van der Waals surface area contributed by atoms with Crippen molar-refractivity contribution in [3.05, 3.63) is 88.1 Å². The van der Waals surface area contributed by atoms with Gasteiger partial charge in [-0.3, -0.25) is 9.59 Å². The van der Waals surface area contributed by atoms with Gasteiger partial charge in [0, 0.05) is 19.2 Å². The van der Waals surface area contributed by atoms with Gasteiger partial charge in [-0.1, -0.05) is 48.5 Å². The van der Waals surface area contributed by atoms with Crippen LogP contribution >= 0.6 is 11.3 Å². The lowest BCUT2D eigenvalue weighted by Crippen LogP contribution is -2.32. The van der Waals surface area contributed by atoms with Crippen LogP contribution < -0.4 is 5.32 Å². The molecule has 0 spiro atoms. The van der Waals surface area contributed by atoms with Crippen LogP contribution in [-0.4, -0.2) is 16.7 Å². The van der Waals surface area contributed by atoms with Crippen LogP contribution in [0.15, 0.2) is 72.1 Å². The predicted octanol–water partition coefficient (Wildman–Crippen LogP) is 5.11. The first-order chi connectivity index (χ1) is 13.0. The fourth-order valence-electron chi connectivity index (χ4n) is 2.97. The molecule has 1 N–H and O–H groups in total. The maximum absolute atomic E-state index is 13.2. The summed E-state index contributed by atoms with van der Waals surface area (Å²) >= 11 is 1.45. The second-order valence-electron chi connectivity index (χ2n) is 6.38. The molecule has 0 radical (unpaired) electrons. The van der Waals surface area contributed by atoms with Crippen molar-refractivity contribution in [3.8, 4) is 0 Å². The molecule has 0 saturated heterocycles. The Morgan fingerprint density at radius 1 is 1.04 bits per heavy atom. The molecule has 2 amide bonds. The quantitative estimate of drug-likeness (QED) is 0.648. The number of anilines is 1. The molecule has 0 aliphatic carbocycles.